The molecule has 0 radical (unpaired) electrons. The van der Waals surface area contributed by atoms with E-state index in [1.165, 1.54) is 12.4 Å². The number of hydrogen-bond acceptors (Lipinski definition) is 0. The van der Waals surface area contributed by atoms with Gasteiger partial charge in [-0.05, 0) is 12.5 Å². The van der Waals surface area contributed by atoms with Gasteiger partial charge < -0.3 is 0 Å². The van der Waals surface area contributed by atoms with Gasteiger partial charge in [-0.3, -0.25) is 0 Å². The van der Waals surface area contributed by atoms with Crippen LogP contribution in [-0.4, -0.2) is 6.18 Å². The van der Waals surface area contributed by atoms with Gasteiger partial charge in [0.2, 0.25) is 6.54 Å². The Morgan fingerprint density at radius 3 is 2.62 bits per heavy atom. The van der Waals surface area contributed by atoms with E-state index in [9.17, 15) is 13.2 Å². The first kappa shape index (κ1) is 10.0. The Hall–Kier alpha value is -1.06. The lowest BCUT2D eigenvalue weighted by Gasteiger charge is -2.02. The van der Waals surface area contributed by atoms with Gasteiger partial charge in [0, 0.05) is 11.6 Å². The van der Waals surface area contributed by atoms with Gasteiger partial charge in [-0.15, -0.1) is 0 Å². The Bertz CT molecular complexity index is 280. The van der Waals surface area contributed by atoms with Gasteiger partial charge in [-0.25, -0.2) is 0 Å². The van der Waals surface area contributed by atoms with Crippen LogP contribution in [0.3, 0.4) is 0 Å². The molecular weight excluding hydrogens is 179 g/mol. The van der Waals surface area contributed by atoms with E-state index < -0.39 is 12.7 Å². The average molecular weight is 190 g/mol. The Balaban J connectivity index is 2.78. The van der Waals surface area contributed by atoms with Gasteiger partial charge in [0.25, 0.3) is 0 Å². The maximum absolute atomic E-state index is 12.0. The molecule has 0 N–H and O–H groups in total. The van der Waals surface area contributed by atoms with Crippen molar-refractivity contribution in [2.45, 2.75) is 26.1 Å². The largest absolute Gasteiger partial charge is 0.448 e. The molecule has 0 bridgehead atoms. The number of aromatic nitrogens is 1. The molecule has 0 unspecified atom stereocenters. The normalized spacial score (nSPS) is 11.7. The zero-order valence-electron chi connectivity index (χ0n) is 7.30. The zero-order valence-corrected chi connectivity index (χ0v) is 7.30. The number of alkyl halides is 3. The van der Waals surface area contributed by atoms with Crippen LogP contribution in [0.2, 0.25) is 0 Å². The maximum atomic E-state index is 12.0. The topological polar surface area (TPSA) is 3.88 Å². The van der Waals surface area contributed by atoms with E-state index in [1.54, 1.807) is 6.07 Å². The molecule has 0 aliphatic rings. The molecule has 72 valence electrons. The first-order valence-electron chi connectivity index (χ1n) is 4.06. The van der Waals surface area contributed by atoms with Crippen molar-refractivity contribution in [3.05, 3.63) is 30.1 Å². The molecule has 0 fully saturated rings. The third-order valence-corrected chi connectivity index (χ3v) is 1.69. The van der Waals surface area contributed by atoms with Crippen molar-refractivity contribution >= 4 is 0 Å². The highest BCUT2D eigenvalue weighted by Crippen LogP contribution is 2.13. The molecular formula is C9H11F3N+. The average Bonchev–Trinajstić information content (AvgIpc) is 2.01. The molecule has 0 atom stereocenters. The Morgan fingerprint density at radius 1 is 1.38 bits per heavy atom. The molecule has 0 aliphatic heterocycles. The minimum absolute atomic E-state index is 0.749. The molecule has 0 aromatic carbocycles. The third kappa shape index (κ3) is 3.44. The number of aryl methyl sites for hydroxylation is 1. The van der Waals surface area contributed by atoms with E-state index in [1.807, 2.05) is 13.0 Å². The van der Waals surface area contributed by atoms with Gasteiger partial charge in [0.1, 0.15) is 0 Å². The second kappa shape index (κ2) is 3.77. The molecule has 0 aliphatic carbocycles. The molecule has 0 saturated heterocycles. The van der Waals surface area contributed by atoms with Crippen molar-refractivity contribution < 1.29 is 17.7 Å². The summed E-state index contributed by atoms with van der Waals surface area (Å²) in [7, 11) is 0. The third-order valence-electron chi connectivity index (χ3n) is 1.69. The highest BCUT2D eigenvalue weighted by molar-refractivity contribution is 5.04. The van der Waals surface area contributed by atoms with E-state index in [2.05, 4.69) is 0 Å². The standard InChI is InChI=1S/C9H11F3N/c1-2-8-4-3-5-13(6-8)7-9(10,11)12/h3-6H,2,7H2,1H3/q+1. The summed E-state index contributed by atoms with van der Waals surface area (Å²) in [5, 5.41) is 0. The van der Waals surface area contributed by atoms with Crippen LogP contribution < -0.4 is 4.57 Å². The lowest BCUT2D eigenvalue weighted by Crippen LogP contribution is -2.41. The zero-order chi connectivity index (χ0) is 9.90. The van der Waals surface area contributed by atoms with Gasteiger partial charge in [0.15, 0.2) is 12.4 Å². The van der Waals surface area contributed by atoms with Crippen LogP contribution in [0.5, 0.6) is 0 Å². The fourth-order valence-corrected chi connectivity index (χ4v) is 1.09. The van der Waals surface area contributed by atoms with E-state index in [0.29, 0.717) is 0 Å². The van der Waals surface area contributed by atoms with Gasteiger partial charge in [-0.2, -0.15) is 17.7 Å². The SMILES string of the molecule is CCc1ccc[n+](CC(F)(F)F)c1. The number of nitrogens with zero attached hydrogens (tertiary/aromatic N) is 1. The van der Waals surface area contributed by atoms with Crippen molar-refractivity contribution in [1.29, 1.82) is 0 Å². The molecule has 1 aromatic heterocycles. The van der Waals surface area contributed by atoms with Crippen molar-refractivity contribution in [3.63, 3.8) is 0 Å². The molecule has 13 heavy (non-hydrogen) atoms. The lowest BCUT2D eigenvalue weighted by molar-refractivity contribution is -0.719. The molecule has 1 nitrogen and oxygen atoms in total. The van der Waals surface area contributed by atoms with Crippen LogP contribution >= 0.6 is 0 Å². The number of halogens is 3. The Kier molecular flexibility index (Phi) is 2.90. The van der Waals surface area contributed by atoms with Gasteiger partial charge >= 0.3 is 6.18 Å². The Morgan fingerprint density at radius 2 is 2.08 bits per heavy atom. The van der Waals surface area contributed by atoms with Crippen molar-refractivity contribution in [2.24, 2.45) is 0 Å². The van der Waals surface area contributed by atoms with Gasteiger partial charge in [-0.1, -0.05) is 6.92 Å². The molecule has 0 amide bonds. The molecule has 0 saturated carbocycles. The minimum atomic E-state index is -4.14. The number of rotatable bonds is 2. The molecule has 1 heterocycles. The first-order valence-corrected chi connectivity index (χ1v) is 4.06. The summed E-state index contributed by atoms with van der Waals surface area (Å²) in [6, 6.07) is 3.44. The maximum Gasteiger partial charge on any atom is 0.448 e. The summed E-state index contributed by atoms with van der Waals surface area (Å²) in [5.74, 6) is 0. The van der Waals surface area contributed by atoms with Crippen LogP contribution in [0.4, 0.5) is 13.2 Å². The van der Waals surface area contributed by atoms with Crippen LogP contribution in [0.25, 0.3) is 0 Å². The van der Waals surface area contributed by atoms with Crippen LogP contribution in [0.1, 0.15) is 12.5 Å². The predicted molar refractivity (Wildman–Crippen MR) is 42.1 cm³/mol. The summed E-state index contributed by atoms with van der Waals surface area (Å²) < 4.78 is 37.0. The quantitative estimate of drug-likeness (QED) is 0.629. The summed E-state index contributed by atoms with van der Waals surface area (Å²) >= 11 is 0. The monoisotopic (exact) mass is 190 g/mol. The number of pyridine rings is 1. The fourth-order valence-electron chi connectivity index (χ4n) is 1.09. The van der Waals surface area contributed by atoms with Crippen LogP contribution in [0, 0.1) is 0 Å². The number of hydrogen-bond donors (Lipinski definition) is 0. The summed E-state index contributed by atoms with van der Waals surface area (Å²) in [6.07, 6.45) is -0.449. The van der Waals surface area contributed by atoms with Crippen LogP contribution in [0.15, 0.2) is 24.5 Å². The van der Waals surface area contributed by atoms with E-state index in [4.69, 9.17) is 0 Å². The highest BCUT2D eigenvalue weighted by atomic mass is 19.4. The van der Waals surface area contributed by atoms with Crippen molar-refractivity contribution in [2.75, 3.05) is 0 Å². The second-order valence-electron chi connectivity index (χ2n) is 2.85. The summed E-state index contributed by atoms with van der Waals surface area (Å²) in [4.78, 5) is 0. The molecule has 0 spiro atoms. The highest BCUT2D eigenvalue weighted by Gasteiger charge is 2.33. The van der Waals surface area contributed by atoms with E-state index in [-0.39, 0.29) is 0 Å². The van der Waals surface area contributed by atoms with E-state index >= 15 is 0 Å². The smallest absolute Gasteiger partial charge is 0.195 e. The lowest BCUT2D eigenvalue weighted by atomic mass is 10.2. The van der Waals surface area contributed by atoms with Crippen molar-refractivity contribution in [3.8, 4) is 0 Å². The van der Waals surface area contributed by atoms with Crippen LogP contribution in [-0.2, 0) is 13.0 Å². The predicted octanol–water partition coefficient (Wildman–Crippen LogP) is 2.10. The fraction of sp³-hybridized carbons (Fsp3) is 0.444. The van der Waals surface area contributed by atoms with Crippen molar-refractivity contribution in [1.82, 2.24) is 0 Å². The molecule has 4 heteroatoms. The summed E-state index contributed by atoms with van der Waals surface area (Å²) in [6.45, 7) is 0.994. The first-order chi connectivity index (χ1) is 6.01. The second-order valence-corrected chi connectivity index (χ2v) is 2.85. The van der Waals surface area contributed by atoms with E-state index in [0.717, 1.165) is 16.6 Å². The minimum Gasteiger partial charge on any atom is -0.195 e. The Labute approximate surface area is 74.8 Å². The molecule has 1 aromatic rings. The van der Waals surface area contributed by atoms with Gasteiger partial charge in [0.05, 0.1) is 0 Å². The molecule has 1 rings (SSSR count). The summed E-state index contributed by atoms with van der Waals surface area (Å²) in [5.41, 5.74) is 0.909.